The van der Waals surface area contributed by atoms with Gasteiger partial charge in [-0.25, -0.2) is 9.78 Å². The highest BCUT2D eigenvalue weighted by Crippen LogP contribution is 2.28. The lowest BCUT2D eigenvalue weighted by Crippen LogP contribution is -2.06. The highest BCUT2D eigenvalue weighted by atomic mass is 32.1. The van der Waals surface area contributed by atoms with E-state index in [4.69, 9.17) is 9.47 Å². The molecule has 0 radical (unpaired) electrons. The van der Waals surface area contributed by atoms with Gasteiger partial charge in [0.1, 0.15) is 17.4 Å². The van der Waals surface area contributed by atoms with Gasteiger partial charge in [0.15, 0.2) is 5.69 Å². The van der Waals surface area contributed by atoms with E-state index in [1.54, 1.807) is 12.3 Å². The fourth-order valence-electron chi connectivity index (χ4n) is 2.06. The first-order chi connectivity index (χ1) is 10.5. The Bertz CT molecular complexity index is 649. The molecule has 0 aliphatic rings. The van der Waals surface area contributed by atoms with Crippen LogP contribution in [0.5, 0.6) is 5.75 Å². The molecule has 0 atom stereocenters. The second kappa shape index (κ2) is 7.40. The molecule has 0 aliphatic carbocycles. The minimum absolute atomic E-state index is 0.346. The molecule has 118 valence electrons. The first kappa shape index (κ1) is 16.5. The first-order valence-corrected chi connectivity index (χ1v) is 8.24. The largest absolute Gasteiger partial charge is 0.486 e. The van der Waals surface area contributed by atoms with Gasteiger partial charge in [0.2, 0.25) is 0 Å². The minimum Gasteiger partial charge on any atom is -0.486 e. The Morgan fingerprint density at radius 3 is 2.82 bits per heavy atom. The van der Waals surface area contributed by atoms with Crippen LogP contribution in [0.1, 0.15) is 53.3 Å². The Kier molecular flexibility index (Phi) is 5.55. The monoisotopic (exact) mass is 319 g/mol. The summed E-state index contributed by atoms with van der Waals surface area (Å²) in [4.78, 5) is 15.9. The van der Waals surface area contributed by atoms with Crippen LogP contribution in [-0.4, -0.2) is 17.6 Å². The minimum atomic E-state index is -0.386. The van der Waals surface area contributed by atoms with E-state index < -0.39 is 0 Å². The number of aromatic nitrogens is 1. The molecule has 1 heterocycles. The van der Waals surface area contributed by atoms with E-state index >= 15 is 0 Å². The number of hydrogen-bond acceptors (Lipinski definition) is 5. The molecular weight excluding hydrogens is 298 g/mol. The molecule has 0 spiro atoms. The van der Waals surface area contributed by atoms with Crippen molar-refractivity contribution in [3.05, 3.63) is 45.4 Å². The summed E-state index contributed by atoms with van der Waals surface area (Å²) in [6, 6.07) is 6.22. The van der Waals surface area contributed by atoms with E-state index in [0.717, 1.165) is 16.3 Å². The second-order valence-corrected chi connectivity index (χ2v) is 6.27. The van der Waals surface area contributed by atoms with Crippen LogP contribution in [0.15, 0.2) is 23.6 Å². The molecule has 0 saturated heterocycles. The summed E-state index contributed by atoms with van der Waals surface area (Å²) in [7, 11) is 0. The number of esters is 1. The van der Waals surface area contributed by atoms with Gasteiger partial charge < -0.3 is 9.47 Å². The fraction of sp³-hybridized carbons (Fsp3) is 0.412. The lowest BCUT2D eigenvalue weighted by molar-refractivity contribution is 0.0520. The molecule has 22 heavy (non-hydrogen) atoms. The third-order valence-electron chi connectivity index (χ3n) is 3.18. The van der Waals surface area contributed by atoms with Crippen LogP contribution in [-0.2, 0) is 11.3 Å². The molecule has 2 aromatic rings. The van der Waals surface area contributed by atoms with Gasteiger partial charge in [0.25, 0.3) is 0 Å². The van der Waals surface area contributed by atoms with Crippen molar-refractivity contribution in [3.63, 3.8) is 0 Å². The van der Waals surface area contributed by atoms with Crippen molar-refractivity contribution in [2.24, 2.45) is 0 Å². The Hall–Kier alpha value is -1.88. The zero-order valence-corrected chi connectivity index (χ0v) is 14.2. The van der Waals surface area contributed by atoms with Gasteiger partial charge in [-0.2, -0.15) is 0 Å². The summed E-state index contributed by atoms with van der Waals surface area (Å²) in [6.07, 6.45) is 0. The SMILES string of the molecule is CCOC(=O)c1csc(COc2cc(C)ccc2C(C)C)n1. The number of thiazole rings is 1. The topological polar surface area (TPSA) is 48.4 Å². The standard InChI is InChI=1S/C17H21NO3S/c1-5-20-17(19)14-10-22-16(18-14)9-21-15-8-12(4)6-7-13(15)11(2)3/h6-8,10-11H,5,9H2,1-4H3. The Morgan fingerprint density at radius 1 is 1.36 bits per heavy atom. The predicted octanol–water partition coefficient (Wildman–Crippen LogP) is 4.33. The zero-order chi connectivity index (χ0) is 16.1. The highest BCUT2D eigenvalue weighted by Gasteiger charge is 2.13. The summed E-state index contributed by atoms with van der Waals surface area (Å²) >= 11 is 1.40. The Morgan fingerprint density at radius 2 is 2.14 bits per heavy atom. The number of benzene rings is 1. The van der Waals surface area contributed by atoms with E-state index in [1.165, 1.54) is 16.9 Å². The van der Waals surface area contributed by atoms with Crippen LogP contribution in [0.2, 0.25) is 0 Å². The van der Waals surface area contributed by atoms with E-state index in [2.05, 4.69) is 31.0 Å². The van der Waals surface area contributed by atoms with Crippen molar-refractivity contribution >= 4 is 17.3 Å². The number of aryl methyl sites for hydroxylation is 1. The maximum atomic E-state index is 11.6. The molecule has 0 bridgehead atoms. The smallest absolute Gasteiger partial charge is 0.357 e. The van der Waals surface area contributed by atoms with Crippen molar-refractivity contribution < 1.29 is 14.3 Å². The lowest BCUT2D eigenvalue weighted by atomic mass is 10.0. The molecule has 0 unspecified atom stereocenters. The zero-order valence-electron chi connectivity index (χ0n) is 13.4. The number of carbonyl (C=O) groups is 1. The Balaban J connectivity index is 2.07. The summed E-state index contributed by atoms with van der Waals surface area (Å²) < 4.78 is 10.8. The number of nitrogens with zero attached hydrogens (tertiary/aromatic N) is 1. The normalized spacial score (nSPS) is 10.8. The third kappa shape index (κ3) is 4.07. The molecule has 4 nitrogen and oxygen atoms in total. The van der Waals surface area contributed by atoms with E-state index in [1.807, 2.05) is 13.0 Å². The molecule has 0 N–H and O–H groups in total. The van der Waals surface area contributed by atoms with Gasteiger partial charge in [-0.1, -0.05) is 26.0 Å². The van der Waals surface area contributed by atoms with Gasteiger partial charge >= 0.3 is 5.97 Å². The van der Waals surface area contributed by atoms with Gasteiger partial charge in [0.05, 0.1) is 6.61 Å². The summed E-state index contributed by atoms with van der Waals surface area (Å²) in [5, 5.41) is 2.47. The quantitative estimate of drug-likeness (QED) is 0.744. The number of carbonyl (C=O) groups excluding carboxylic acids is 1. The van der Waals surface area contributed by atoms with Crippen molar-refractivity contribution in [3.8, 4) is 5.75 Å². The van der Waals surface area contributed by atoms with Crippen LogP contribution < -0.4 is 4.74 Å². The molecule has 5 heteroatoms. The maximum absolute atomic E-state index is 11.6. The average Bonchev–Trinajstić information content (AvgIpc) is 2.94. The number of rotatable bonds is 6. The average molecular weight is 319 g/mol. The fourth-order valence-corrected chi connectivity index (χ4v) is 2.73. The first-order valence-electron chi connectivity index (χ1n) is 7.36. The van der Waals surface area contributed by atoms with Crippen LogP contribution in [0.4, 0.5) is 0 Å². The maximum Gasteiger partial charge on any atom is 0.357 e. The van der Waals surface area contributed by atoms with Crippen LogP contribution in [0, 0.1) is 6.92 Å². The molecule has 1 aromatic heterocycles. The molecule has 0 amide bonds. The lowest BCUT2D eigenvalue weighted by Gasteiger charge is -2.14. The van der Waals surface area contributed by atoms with Crippen molar-refractivity contribution in [1.29, 1.82) is 0 Å². The number of hydrogen-bond donors (Lipinski definition) is 0. The molecular formula is C17H21NO3S. The molecule has 0 saturated carbocycles. The summed E-state index contributed by atoms with van der Waals surface area (Å²) in [5.41, 5.74) is 2.68. The van der Waals surface area contributed by atoms with E-state index in [9.17, 15) is 4.79 Å². The summed E-state index contributed by atoms with van der Waals surface area (Å²) in [6.45, 7) is 8.80. The van der Waals surface area contributed by atoms with Crippen molar-refractivity contribution in [2.75, 3.05) is 6.61 Å². The third-order valence-corrected chi connectivity index (χ3v) is 4.00. The van der Waals surface area contributed by atoms with E-state index in [0.29, 0.717) is 24.8 Å². The van der Waals surface area contributed by atoms with Crippen molar-refractivity contribution in [2.45, 2.75) is 40.2 Å². The molecule has 2 rings (SSSR count). The van der Waals surface area contributed by atoms with Crippen LogP contribution in [0.3, 0.4) is 0 Å². The Labute approximate surface area is 135 Å². The highest BCUT2D eigenvalue weighted by molar-refractivity contribution is 7.09. The van der Waals surface area contributed by atoms with Gasteiger partial charge in [-0.05, 0) is 37.0 Å². The second-order valence-electron chi connectivity index (χ2n) is 5.33. The number of ether oxygens (including phenoxy) is 2. The summed E-state index contributed by atoms with van der Waals surface area (Å²) in [5.74, 6) is 0.883. The van der Waals surface area contributed by atoms with Crippen molar-refractivity contribution in [1.82, 2.24) is 4.98 Å². The predicted molar refractivity (Wildman–Crippen MR) is 87.7 cm³/mol. The molecule has 0 fully saturated rings. The van der Waals surface area contributed by atoms with Crippen LogP contribution >= 0.6 is 11.3 Å². The van der Waals surface area contributed by atoms with Gasteiger partial charge in [-0.15, -0.1) is 11.3 Å². The van der Waals surface area contributed by atoms with Crippen LogP contribution in [0.25, 0.3) is 0 Å². The van der Waals surface area contributed by atoms with Gasteiger partial charge in [-0.3, -0.25) is 0 Å². The van der Waals surface area contributed by atoms with E-state index in [-0.39, 0.29) is 5.97 Å². The molecule has 0 aliphatic heterocycles. The van der Waals surface area contributed by atoms with Gasteiger partial charge in [0, 0.05) is 5.38 Å². The molecule has 1 aromatic carbocycles.